The van der Waals surface area contributed by atoms with Gasteiger partial charge in [0.05, 0.1) is 11.1 Å². The van der Waals surface area contributed by atoms with Gasteiger partial charge in [-0.25, -0.2) is 15.0 Å². The minimum absolute atomic E-state index is 0.0697. The molecule has 0 atom stereocenters. The second kappa shape index (κ2) is 3.74. The summed E-state index contributed by atoms with van der Waals surface area (Å²) in [7, 11) is 0. The Hall–Kier alpha value is -2.08. The van der Waals surface area contributed by atoms with Crippen molar-refractivity contribution in [1.82, 2.24) is 19.5 Å². The molecule has 3 rings (SSSR count). The molecule has 6 heteroatoms. The zero-order valence-corrected chi connectivity index (χ0v) is 9.81. The number of thiophene rings is 1. The maximum Gasteiger partial charge on any atom is 0.169 e. The third-order valence-corrected chi connectivity index (χ3v) is 3.57. The third-order valence-electron chi connectivity index (χ3n) is 2.39. The molecular weight excluding hydrogens is 236 g/mol. The number of aromatic nitrogens is 4. The van der Waals surface area contributed by atoms with Gasteiger partial charge >= 0.3 is 0 Å². The normalized spacial score (nSPS) is 10.9. The molecule has 0 aliphatic heterocycles. The average molecular weight is 244 g/mol. The van der Waals surface area contributed by atoms with Gasteiger partial charge in [-0.15, -0.1) is 11.3 Å². The van der Waals surface area contributed by atoms with Crippen LogP contribution in [-0.2, 0) is 0 Å². The van der Waals surface area contributed by atoms with Crippen LogP contribution in [0.2, 0.25) is 0 Å². The number of ketones is 1. The van der Waals surface area contributed by atoms with Crippen LogP contribution in [0.25, 0.3) is 16.2 Å². The van der Waals surface area contributed by atoms with Crippen molar-refractivity contribution < 1.29 is 4.79 Å². The number of rotatable bonds is 2. The van der Waals surface area contributed by atoms with Gasteiger partial charge in [0.1, 0.15) is 23.2 Å². The molecule has 3 aromatic heterocycles. The summed E-state index contributed by atoms with van der Waals surface area (Å²) in [6.07, 6.45) is 4.84. The average Bonchev–Trinajstić information content (AvgIpc) is 2.95. The van der Waals surface area contributed by atoms with Crippen LogP contribution in [0.15, 0.2) is 31.0 Å². The van der Waals surface area contributed by atoms with Crippen LogP contribution in [0, 0.1) is 0 Å². The lowest BCUT2D eigenvalue weighted by Crippen LogP contribution is -1.90. The van der Waals surface area contributed by atoms with Gasteiger partial charge in [0.25, 0.3) is 0 Å². The molecule has 0 fully saturated rings. The number of Topliss-reactive ketones (excluding diaryl/α,β-unsaturated/α-hetero) is 1. The molecule has 0 spiro atoms. The predicted octanol–water partition coefficient (Wildman–Crippen LogP) is 2.08. The molecule has 0 N–H and O–H groups in total. The minimum atomic E-state index is 0.0697. The topological polar surface area (TPSA) is 60.7 Å². The molecule has 3 aromatic rings. The van der Waals surface area contributed by atoms with Crippen molar-refractivity contribution in [2.24, 2.45) is 0 Å². The van der Waals surface area contributed by atoms with E-state index in [-0.39, 0.29) is 5.78 Å². The van der Waals surface area contributed by atoms with E-state index < -0.39 is 0 Å². The van der Waals surface area contributed by atoms with Gasteiger partial charge in [0, 0.05) is 0 Å². The summed E-state index contributed by atoms with van der Waals surface area (Å²) in [6.45, 7) is 1.56. The Morgan fingerprint density at radius 2 is 2.24 bits per heavy atom. The van der Waals surface area contributed by atoms with E-state index in [1.54, 1.807) is 19.4 Å². The third kappa shape index (κ3) is 1.62. The number of carbonyl (C=O) groups is 1. The lowest BCUT2D eigenvalue weighted by Gasteiger charge is -1.97. The van der Waals surface area contributed by atoms with Crippen molar-refractivity contribution in [2.75, 3.05) is 0 Å². The fraction of sp³-hybridized carbons (Fsp3) is 0.0909. The van der Waals surface area contributed by atoms with Crippen molar-refractivity contribution in [1.29, 1.82) is 0 Å². The Balaban J connectivity index is 2.17. The van der Waals surface area contributed by atoms with E-state index >= 15 is 0 Å². The molecule has 0 amide bonds. The van der Waals surface area contributed by atoms with Crippen LogP contribution >= 0.6 is 11.3 Å². The van der Waals surface area contributed by atoms with E-state index in [0.29, 0.717) is 0 Å². The Morgan fingerprint density at radius 1 is 1.35 bits per heavy atom. The maximum absolute atomic E-state index is 11.3. The second-order valence-corrected chi connectivity index (χ2v) is 4.60. The molecule has 5 nitrogen and oxygen atoms in total. The second-order valence-electron chi connectivity index (χ2n) is 3.54. The largest absolute Gasteiger partial charge is 0.294 e. The number of hydrogen-bond donors (Lipinski definition) is 0. The fourth-order valence-electron chi connectivity index (χ4n) is 1.57. The predicted molar refractivity (Wildman–Crippen MR) is 64.5 cm³/mol. The van der Waals surface area contributed by atoms with Crippen molar-refractivity contribution in [3.63, 3.8) is 0 Å². The van der Waals surface area contributed by atoms with E-state index in [0.717, 1.165) is 21.0 Å². The molecule has 0 saturated carbocycles. The summed E-state index contributed by atoms with van der Waals surface area (Å²) in [6, 6.07) is 3.71. The monoisotopic (exact) mass is 244 g/mol. The summed E-state index contributed by atoms with van der Waals surface area (Å²) in [5.41, 5.74) is 1.49. The number of imidazole rings is 1. The first-order chi connectivity index (χ1) is 8.25. The molecule has 3 heterocycles. The fourth-order valence-corrected chi connectivity index (χ4v) is 2.45. The van der Waals surface area contributed by atoms with Crippen molar-refractivity contribution in [3.05, 3.63) is 35.9 Å². The minimum Gasteiger partial charge on any atom is -0.294 e. The molecule has 0 unspecified atom stereocenters. The summed E-state index contributed by atoms with van der Waals surface area (Å²) in [5.74, 6) is 0.0697. The van der Waals surface area contributed by atoms with Crippen molar-refractivity contribution in [2.45, 2.75) is 6.92 Å². The Bertz CT molecular complexity index is 700. The highest BCUT2D eigenvalue weighted by Crippen LogP contribution is 2.23. The molecule has 84 valence electrons. The highest BCUT2D eigenvalue weighted by atomic mass is 32.1. The molecule has 0 aliphatic rings. The Kier molecular flexibility index (Phi) is 2.22. The Labute approximate surface area is 101 Å². The van der Waals surface area contributed by atoms with Gasteiger partial charge in [0.2, 0.25) is 0 Å². The van der Waals surface area contributed by atoms with Crippen LogP contribution in [0.4, 0.5) is 0 Å². The maximum atomic E-state index is 11.3. The molecular formula is C11H8N4OS. The standard InChI is InChI=1S/C11H8N4OS/c1-7(16)9-2-3-10(17-9)15-6-14-8-4-12-5-13-11(8)15/h2-6H,1H3. The van der Waals surface area contributed by atoms with Crippen LogP contribution in [0.3, 0.4) is 0 Å². The zero-order valence-electron chi connectivity index (χ0n) is 8.99. The lowest BCUT2D eigenvalue weighted by molar-refractivity contribution is 0.102. The number of carbonyl (C=O) groups excluding carboxylic acids is 1. The van der Waals surface area contributed by atoms with E-state index in [4.69, 9.17) is 0 Å². The van der Waals surface area contributed by atoms with Gasteiger partial charge < -0.3 is 0 Å². The SMILES string of the molecule is CC(=O)c1ccc(-n2cnc3cncnc32)s1. The van der Waals surface area contributed by atoms with Crippen LogP contribution in [-0.4, -0.2) is 25.3 Å². The smallest absolute Gasteiger partial charge is 0.169 e. The van der Waals surface area contributed by atoms with Gasteiger partial charge in [-0.3, -0.25) is 9.36 Å². The quantitative estimate of drug-likeness (QED) is 0.647. The lowest BCUT2D eigenvalue weighted by atomic mass is 10.3. The van der Waals surface area contributed by atoms with Gasteiger partial charge in [0.15, 0.2) is 11.4 Å². The summed E-state index contributed by atoms with van der Waals surface area (Å²) in [4.78, 5) is 24.3. The summed E-state index contributed by atoms with van der Waals surface area (Å²) in [5, 5.41) is 0.927. The first-order valence-electron chi connectivity index (χ1n) is 5.00. The first-order valence-corrected chi connectivity index (χ1v) is 5.81. The van der Waals surface area contributed by atoms with Crippen LogP contribution in [0.5, 0.6) is 0 Å². The zero-order chi connectivity index (χ0) is 11.8. The molecule has 0 aromatic carbocycles. The molecule has 0 radical (unpaired) electrons. The summed E-state index contributed by atoms with van der Waals surface area (Å²) < 4.78 is 1.86. The van der Waals surface area contributed by atoms with Crippen molar-refractivity contribution in [3.8, 4) is 5.00 Å². The Morgan fingerprint density at radius 3 is 3.00 bits per heavy atom. The van der Waals surface area contributed by atoms with Gasteiger partial charge in [-0.1, -0.05) is 0 Å². The van der Waals surface area contributed by atoms with Crippen LogP contribution < -0.4 is 0 Å². The highest BCUT2D eigenvalue weighted by Gasteiger charge is 2.09. The molecule has 0 saturated heterocycles. The van der Waals surface area contributed by atoms with E-state index in [1.807, 2.05) is 16.7 Å². The van der Waals surface area contributed by atoms with E-state index in [2.05, 4.69) is 15.0 Å². The number of nitrogens with zero attached hydrogens (tertiary/aromatic N) is 4. The van der Waals surface area contributed by atoms with Gasteiger partial charge in [-0.05, 0) is 19.1 Å². The van der Waals surface area contributed by atoms with E-state index in [9.17, 15) is 4.79 Å². The van der Waals surface area contributed by atoms with Crippen LogP contribution in [0.1, 0.15) is 16.6 Å². The van der Waals surface area contributed by atoms with Gasteiger partial charge in [-0.2, -0.15) is 0 Å². The molecule has 17 heavy (non-hydrogen) atoms. The summed E-state index contributed by atoms with van der Waals surface area (Å²) >= 11 is 1.43. The van der Waals surface area contributed by atoms with E-state index in [1.165, 1.54) is 17.7 Å². The molecule has 0 bridgehead atoms. The number of fused-ring (bicyclic) bond motifs is 1. The van der Waals surface area contributed by atoms with Crippen molar-refractivity contribution >= 4 is 28.3 Å². The first kappa shape index (κ1) is 10.1. The molecule has 0 aliphatic carbocycles. The number of hydrogen-bond acceptors (Lipinski definition) is 5. The highest BCUT2D eigenvalue weighted by molar-refractivity contribution is 7.16.